The molecule has 1 N–H and O–H groups in total. The van der Waals surface area contributed by atoms with Gasteiger partial charge in [-0.15, -0.1) is 11.7 Å². The molecule has 0 saturated heterocycles. The lowest BCUT2D eigenvalue weighted by Gasteiger charge is -2.22. The molecular formula is C4H12O2S2. The van der Waals surface area contributed by atoms with Gasteiger partial charge in [-0.2, -0.15) is 0 Å². The first-order valence-electron chi connectivity index (χ1n) is 2.27. The molecule has 52 valence electrons. The van der Waals surface area contributed by atoms with Crippen LogP contribution in [0.5, 0.6) is 0 Å². The normalized spacial score (nSPS) is 14.0. The second-order valence-electron chi connectivity index (χ2n) is 1.73. The Morgan fingerprint density at radius 1 is 1.62 bits per heavy atom. The molecule has 8 heavy (non-hydrogen) atoms. The van der Waals surface area contributed by atoms with Crippen LogP contribution in [-0.2, 0) is 4.18 Å². The number of rotatable bonds is 3. The van der Waals surface area contributed by atoms with Crippen molar-refractivity contribution in [2.24, 2.45) is 0 Å². The quantitative estimate of drug-likeness (QED) is 0.468. The van der Waals surface area contributed by atoms with E-state index in [-0.39, 0.29) is 6.61 Å². The molecule has 0 rings (SSSR count). The van der Waals surface area contributed by atoms with Gasteiger partial charge in [-0.25, -0.2) is 0 Å². The van der Waals surface area contributed by atoms with Crippen molar-refractivity contribution in [3.8, 4) is 0 Å². The highest BCUT2D eigenvalue weighted by atomic mass is 33.1. The fourth-order valence-electron chi connectivity index (χ4n) is 0.241. The monoisotopic (exact) mass is 156 g/mol. The molecule has 0 atom stereocenters. The largest absolute Gasteiger partial charge is 0.394 e. The van der Waals surface area contributed by atoms with Crippen molar-refractivity contribution in [3.63, 3.8) is 0 Å². The number of hydrogen-bond acceptors (Lipinski definition) is 3. The Balaban J connectivity index is 3.11. The van der Waals surface area contributed by atoms with Crippen LogP contribution in [0, 0.1) is 0 Å². The first-order chi connectivity index (χ1) is 3.56. The molecule has 0 aliphatic rings. The lowest BCUT2D eigenvalue weighted by molar-refractivity contribution is 0.218. The van der Waals surface area contributed by atoms with Gasteiger partial charge in [0.1, 0.15) is 0 Å². The summed E-state index contributed by atoms with van der Waals surface area (Å²) in [7, 11) is -1.15. The van der Waals surface area contributed by atoms with Crippen molar-refractivity contribution in [3.05, 3.63) is 0 Å². The zero-order valence-corrected chi connectivity index (χ0v) is 6.84. The molecule has 0 aromatic carbocycles. The molecule has 4 heteroatoms. The lowest BCUT2D eigenvalue weighted by Crippen LogP contribution is -1.99. The average molecular weight is 156 g/mol. The summed E-state index contributed by atoms with van der Waals surface area (Å²) in [4.78, 5) is 0. The second kappa shape index (κ2) is 3.61. The fourth-order valence-corrected chi connectivity index (χ4v) is 0.947. The van der Waals surface area contributed by atoms with Crippen LogP contribution in [0.25, 0.3) is 0 Å². The van der Waals surface area contributed by atoms with Gasteiger partial charge in [0.2, 0.25) is 0 Å². The van der Waals surface area contributed by atoms with Crippen LogP contribution < -0.4 is 0 Å². The maximum atomic E-state index is 8.28. The smallest absolute Gasteiger partial charge is 0.0833 e. The van der Waals surface area contributed by atoms with Gasteiger partial charge in [0.05, 0.1) is 13.2 Å². The van der Waals surface area contributed by atoms with Crippen LogP contribution in [0.4, 0.5) is 0 Å². The van der Waals surface area contributed by atoms with Crippen LogP contribution in [0.1, 0.15) is 0 Å². The van der Waals surface area contributed by atoms with Gasteiger partial charge in [0.25, 0.3) is 0 Å². The highest BCUT2D eigenvalue weighted by Gasteiger charge is 2.02. The third-order valence-electron chi connectivity index (χ3n) is 0.463. The molecule has 2 nitrogen and oxygen atoms in total. The van der Waals surface area contributed by atoms with E-state index < -0.39 is 9.34 Å². The minimum Gasteiger partial charge on any atom is -0.394 e. The number of thiol groups is 1. The highest BCUT2D eigenvalue weighted by Crippen LogP contribution is 2.45. The average Bonchev–Trinajstić information content (AvgIpc) is 1.59. The molecule has 0 fully saturated rings. The Bertz CT molecular complexity index is 59.5. The minimum absolute atomic E-state index is 0.0803. The zero-order valence-electron chi connectivity index (χ0n) is 5.13. The van der Waals surface area contributed by atoms with Crippen LogP contribution in [0.2, 0.25) is 0 Å². The summed E-state index contributed by atoms with van der Waals surface area (Å²) in [5.74, 6) is 0. The van der Waals surface area contributed by atoms with Gasteiger partial charge in [0, 0.05) is 0 Å². The summed E-state index contributed by atoms with van der Waals surface area (Å²) in [5.41, 5.74) is 0. The predicted molar refractivity (Wildman–Crippen MR) is 41.5 cm³/mol. The van der Waals surface area contributed by atoms with Crippen LogP contribution in [-0.4, -0.2) is 30.8 Å². The highest BCUT2D eigenvalue weighted by molar-refractivity contribution is 8.85. The van der Waals surface area contributed by atoms with E-state index >= 15 is 0 Å². The second-order valence-corrected chi connectivity index (χ2v) is 6.96. The van der Waals surface area contributed by atoms with E-state index in [0.29, 0.717) is 6.61 Å². The molecule has 0 unspecified atom stereocenters. The van der Waals surface area contributed by atoms with Crippen molar-refractivity contribution >= 4 is 21.0 Å². The minimum atomic E-state index is -1.15. The molecule has 0 aromatic heterocycles. The summed E-state index contributed by atoms with van der Waals surface area (Å²) < 4.78 is 5.08. The van der Waals surface area contributed by atoms with Crippen LogP contribution >= 0.6 is 21.0 Å². The maximum Gasteiger partial charge on any atom is 0.0833 e. The van der Waals surface area contributed by atoms with Crippen LogP contribution in [0.15, 0.2) is 0 Å². The molecule has 0 heterocycles. The summed E-state index contributed by atoms with van der Waals surface area (Å²) >= 11 is 4.14. The molecule has 0 amide bonds. The molecule has 0 aliphatic carbocycles. The number of aliphatic hydroxyl groups is 1. The van der Waals surface area contributed by atoms with E-state index in [1.807, 2.05) is 12.5 Å². The fraction of sp³-hybridized carbons (Fsp3) is 1.00. The predicted octanol–water partition coefficient (Wildman–Crippen LogP) is 0.819. The third-order valence-corrected chi connectivity index (χ3v) is 1.52. The Kier molecular flexibility index (Phi) is 3.89. The zero-order chi connectivity index (χ0) is 6.62. The SMILES string of the molecule is CS(C)(S)OCCO. The van der Waals surface area contributed by atoms with Crippen molar-refractivity contribution < 1.29 is 9.29 Å². The topological polar surface area (TPSA) is 29.5 Å². The standard InChI is InChI=1S/C4H12O2S2/c1-8(2,7)6-4-3-5/h5,7H,3-4H2,1-2H3. The molecule has 0 spiro atoms. The molecule has 0 bridgehead atoms. The Morgan fingerprint density at radius 2 is 2.12 bits per heavy atom. The van der Waals surface area contributed by atoms with E-state index in [4.69, 9.17) is 9.29 Å². The van der Waals surface area contributed by atoms with Gasteiger partial charge in [0.15, 0.2) is 0 Å². The molecule has 0 saturated carbocycles. The van der Waals surface area contributed by atoms with E-state index in [9.17, 15) is 0 Å². The van der Waals surface area contributed by atoms with Gasteiger partial charge >= 0.3 is 0 Å². The molecular weight excluding hydrogens is 144 g/mol. The summed E-state index contributed by atoms with van der Waals surface area (Å²) in [6, 6.07) is 0. The van der Waals surface area contributed by atoms with Gasteiger partial charge in [-0.1, -0.05) is 9.34 Å². The van der Waals surface area contributed by atoms with E-state index in [1.54, 1.807) is 0 Å². The summed E-state index contributed by atoms with van der Waals surface area (Å²) in [6.07, 6.45) is 3.82. The maximum absolute atomic E-state index is 8.28. The van der Waals surface area contributed by atoms with Crippen molar-refractivity contribution in [1.82, 2.24) is 0 Å². The van der Waals surface area contributed by atoms with E-state index in [0.717, 1.165) is 0 Å². The summed E-state index contributed by atoms with van der Waals surface area (Å²) in [6.45, 7) is 0.475. The Labute approximate surface area is 56.6 Å². The number of aliphatic hydroxyl groups excluding tert-OH is 1. The molecule has 0 aromatic rings. The Morgan fingerprint density at radius 3 is 2.25 bits per heavy atom. The lowest BCUT2D eigenvalue weighted by atomic mass is 10.8. The van der Waals surface area contributed by atoms with E-state index in [2.05, 4.69) is 11.7 Å². The van der Waals surface area contributed by atoms with Gasteiger partial charge in [-0.05, 0) is 12.5 Å². The van der Waals surface area contributed by atoms with Crippen molar-refractivity contribution in [2.75, 3.05) is 25.7 Å². The van der Waals surface area contributed by atoms with Gasteiger partial charge < -0.3 is 9.29 Å². The molecule has 0 aliphatic heterocycles. The third kappa shape index (κ3) is 6.62. The van der Waals surface area contributed by atoms with E-state index in [1.165, 1.54) is 0 Å². The summed E-state index contributed by atoms with van der Waals surface area (Å²) in [5, 5.41) is 8.28. The Hall–Kier alpha value is 0.620. The first kappa shape index (κ1) is 8.62. The van der Waals surface area contributed by atoms with Crippen LogP contribution in [0.3, 0.4) is 0 Å². The van der Waals surface area contributed by atoms with Gasteiger partial charge in [-0.3, -0.25) is 0 Å². The first-order valence-corrected chi connectivity index (χ1v) is 5.70. The van der Waals surface area contributed by atoms with Crippen molar-refractivity contribution in [1.29, 1.82) is 0 Å². The molecule has 0 radical (unpaired) electrons. The number of hydrogen-bond donors (Lipinski definition) is 2. The van der Waals surface area contributed by atoms with Crippen molar-refractivity contribution in [2.45, 2.75) is 0 Å².